The van der Waals surface area contributed by atoms with Gasteiger partial charge in [0.2, 0.25) is 0 Å². The van der Waals surface area contributed by atoms with E-state index in [1.807, 2.05) is 11.6 Å². The van der Waals surface area contributed by atoms with Crippen LogP contribution in [0.5, 0.6) is 0 Å². The van der Waals surface area contributed by atoms with Crippen LogP contribution in [0.3, 0.4) is 0 Å². The summed E-state index contributed by atoms with van der Waals surface area (Å²) in [6, 6.07) is 4.79. The number of nitrogens with two attached hydrogens (primary N) is 1. The van der Waals surface area contributed by atoms with Crippen molar-refractivity contribution in [2.45, 2.75) is 12.8 Å². The molecule has 1 aliphatic heterocycles. The van der Waals surface area contributed by atoms with Gasteiger partial charge in [-0.1, -0.05) is 6.07 Å². The highest BCUT2D eigenvalue weighted by Crippen LogP contribution is 2.38. The second-order valence-corrected chi connectivity index (χ2v) is 9.89. The van der Waals surface area contributed by atoms with Crippen LogP contribution in [0.1, 0.15) is 12.8 Å². The van der Waals surface area contributed by atoms with Crippen LogP contribution in [-0.4, -0.2) is 30.2 Å². The molecule has 26 heavy (non-hydrogen) atoms. The summed E-state index contributed by atoms with van der Waals surface area (Å²) in [7, 11) is -0.433. The second-order valence-electron chi connectivity index (χ2n) is 6.33. The third-order valence-electron chi connectivity index (χ3n) is 4.60. The fourth-order valence-corrected chi connectivity index (χ4v) is 6.29. The molecule has 0 radical (unpaired) electrons. The van der Waals surface area contributed by atoms with Crippen LogP contribution in [0.2, 0.25) is 0 Å². The van der Waals surface area contributed by atoms with Crippen molar-refractivity contribution < 1.29 is 8.60 Å². The number of benzene rings is 1. The molecule has 0 aliphatic carbocycles. The first-order valence-electron chi connectivity index (χ1n) is 8.16. The predicted octanol–water partition coefficient (Wildman–Crippen LogP) is 3.85. The number of fused-ring (bicyclic) bond motifs is 1. The van der Waals surface area contributed by atoms with Crippen molar-refractivity contribution in [3.63, 3.8) is 0 Å². The lowest BCUT2D eigenvalue weighted by molar-refractivity contribution is 0.629. The van der Waals surface area contributed by atoms with Crippen LogP contribution < -0.4 is 5.73 Å². The monoisotopic (exact) mass is 485 g/mol. The summed E-state index contributed by atoms with van der Waals surface area (Å²) in [5, 5.41) is 0.699. The van der Waals surface area contributed by atoms with Gasteiger partial charge < -0.3 is 10.3 Å². The summed E-state index contributed by atoms with van der Waals surface area (Å²) in [6.07, 6.45) is 3.18. The normalized spacial score (nSPS) is 16.3. The highest BCUT2D eigenvalue weighted by molar-refractivity contribution is 14.1. The van der Waals surface area contributed by atoms with E-state index in [1.165, 1.54) is 12.4 Å². The summed E-state index contributed by atoms with van der Waals surface area (Å²) in [4.78, 5) is 8.35. The molecule has 0 atom stereocenters. The number of rotatable bonds is 2. The van der Waals surface area contributed by atoms with Gasteiger partial charge in [-0.05, 0) is 53.1 Å². The van der Waals surface area contributed by atoms with Gasteiger partial charge in [-0.3, -0.25) is 0 Å². The minimum Gasteiger partial charge on any atom is -0.383 e. The molecule has 0 amide bonds. The topological polar surface area (TPSA) is 86.2 Å². The molecule has 3 aromatic rings. The average Bonchev–Trinajstić information content (AvgIpc) is 3.14. The number of halogens is 2. The molecule has 136 valence electrons. The standard InChI is InChI=1S/C17H17FIN5OS/c1-24-15(19)13(14-16(20)21-9-22-17(14)24)10-4-5-12(11(18)8-10)23-26(25)6-2-3-7-26/h4-5,8-9H,2-3,6-7H2,1H3,(H2,20,21,22). The van der Waals surface area contributed by atoms with Gasteiger partial charge in [0.25, 0.3) is 0 Å². The van der Waals surface area contributed by atoms with E-state index in [0.29, 0.717) is 33.9 Å². The van der Waals surface area contributed by atoms with Gasteiger partial charge in [0.05, 0.1) is 18.8 Å². The Balaban J connectivity index is 1.89. The molecule has 0 saturated carbocycles. The summed E-state index contributed by atoms with van der Waals surface area (Å²) >= 11 is 2.19. The predicted molar refractivity (Wildman–Crippen MR) is 110 cm³/mol. The van der Waals surface area contributed by atoms with Gasteiger partial charge in [0.15, 0.2) is 0 Å². The van der Waals surface area contributed by atoms with Gasteiger partial charge in [-0.2, -0.15) is 4.36 Å². The van der Waals surface area contributed by atoms with E-state index >= 15 is 0 Å². The lowest BCUT2D eigenvalue weighted by Crippen LogP contribution is -2.00. The van der Waals surface area contributed by atoms with E-state index in [1.54, 1.807) is 12.1 Å². The smallest absolute Gasteiger partial charge is 0.150 e. The number of anilines is 1. The van der Waals surface area contributed by atoms with Crippen LogP contribution in [-0.2, 0) is 16.8 Å². The number of aryl methyl sites for hydroxylation is 1. The first-order chi connectivity index (χ1) is 12.4. The zero-order valence-electron chi connectivity index (χ0n) is 14.1. The molecule has 9 heteroatoms. The Labute approximate surface area is 164 Å². The van der Waals surface area contributed by atoms with E-state index in [2.05, 4.69) is 36.9 Å². The van der Waals surface area contributed by atoms with Crippen LogP contribution in [0.4, 0.5) is 15.9 Å². The van der Waals surface area contributed by atoms with Crippen molar-refractivity contribution in [3.05, 3.63) is 34.0 Å². The zero-order chi connectivity index (χ0) is 18.5. The molecule has 6 nitrogen and oxygen atoms in total. The zero-order valence-corrected chi connectivity index (χ0v) is 17.1. The van der Waals surface area contributed by atoms with Gasteiger partial charge in [-0.15, -0.1) is 0 Å². The summed E-state index contributed by atoms with van der Waals surface area (Å²) in [6.45, 7) is 0. The highest BCUT2D eigenvalue weighted by atomic mass is 127. The number of hydrogen-bond donors (Lipinski definition) is 1. The minimum atomic E-state index is -2.31. The Morgan fingerprint density at radius 2 is 2.04 bits per heavy atom. The Morgan fingerprint density at radius 3 is 2.73 bits per heavy atom. The van der Waals surface area contributed by atoms with Crippen LogP contribution in [0.15, 0.2) is 28.9 Å². The first kappa shape index (κ1) is 17.7. The molecule has 1 aliphatic rings. The number of aromatic nitrogens is 3. The third-order valence-corrected chi connectivity index (χ3v) is 8.25. The quantitative estimate of drug-likeness (QED) is 0.559. The van der Waals surface area contributed by atoms with E-state index in [0.717, 1.165) is 22.1 Å². The molecular weight excluding hydrogens is 468 g/mol. The van der Waals surface area contributed by atoms with Gasteiger partial charge in [0.1, 0.15) is 29.3 Å². The SMILES string of the molecule is Cn1c(I)c(-c2ccc(N=S3(=O)CCCC3)c(F)c2)c2c(N)ncnc21. The van der Waals surface area contributed by atoms with Gasteiger partial charge in [0, 0.05) is 24.1 Å². The van der Waals surface area contributed by atoms with Crippen molar-refractivity contribution in [3.8, 4) is 11.1 Å². The molecule has 1 fully saturated rings. The number of hydrogen-bond acceptors (Lipinski definition) is 5. The van der Waals surface area contributed by atoms with Crippen LogP contribution in [0.25, 0.3) is 22.2 Å². The molecule has 0 bridgehead atoms. The summed E-state index contributed by atoms with van der Waals surface area (Å²) in [5.41, 5.74) is 8.35. The molecule has 1 aromatic carbocycles. The first-order valence-corrected chi connectivity index (χ1v) is 11.1. The summed E-state index contributed by atoms with van der Waals surface area (Å²) < 4.78 is 34.3. The largest absolute Gasteiger partial charge is 0.383 e. The number of nitrogens with zero attached hydrogens (tertiary/aromatic N) is 4. The Bertz CT molecular complexity index is 1140. The molecule has 4 rings (SSSR count). The maximum absolute atomic E-state index is 14.7. The minimum absolute atomic E-state index is 0.153. The molecule has 0 spiro atoms. The van der Waals surface area contributed by atoms with Crippen LogP contribution in [0, 0.1) is 9.52 Å². The third kappa shape index (κ3) is 2.86. The second kappa shape index (κ2) is 6.45. The fraction of sp³-hybridized carbons (Fsp3) is 0.294. The maximum atomic E-state index is 14.7. The Morgan fingerprint density at radius 1 is 1.31 bits per heavy atom. The lowest BCUT2D eigenvalue weighted by Gasteiger charge is -2.06. The van der Waals surface area contributed by atoms with Crippen molar-refractivity contribution in [2.75, 3.05) is 17.2 Å². The van der Waals surface area contributed by atoms with Crippen molar-refractivity contribution in [1.29, 1.82) is 0 Å². The molecule has 3 heterocycles. The van der Waals surface area contributed by atoms with Crippen LogP contribution >= 0.6 is 22.6 Å². The van der Waals surface area contributed by atoms with Crippen molar-refractivity contribution >= 4 is 54.9 Å². The summed E-state index contributed by atoms with van der Waals surface area (Å²) in [5.74, 6) is 0.957. The average molecular weight is 485 g/mol. The lowest BCUT2D eigenvalue weighted by atomic mass is 10.1. The maximum Gasteiger partial charge on any atom is 0.150 e. The van der Waals surface area contributed by atoms with Crippen molar-refractivity contribution in [1.82, 2.24) is 14.5 Å². The van der Waals surface area contributed by atoms with E-state index in [4.69, 9.17) is 5.73 Å². The molecular formula is C17H17FIN5OS. The van der Waals surface area contributed by atoms with Gasteiger partial charge in [-0.25, -0.2) is 18.6 Å². The Kier molecular flexibility index (Phi) is 4.38. The fourth-order valence-electron chi connectivity index (χ4n) is 3.28. The molecule has 2 N–H and O–H groups in total. The Hall–Kier alpha value is -1.75. The van der Waals surface area contributed by atoms with Gasteiger partial charge >= 0.3 is 0 Å². The van der Waals surface area contributed by atoms with E-state index in [9.17, 15) is 8.60 Å². The number of nitrogen functional groups attached to an aromatic ring is 1. The molecule has 2 aromatic heterocycles. The van der Waals surface area contributed by atoms with Crippen molar-refractivity contribution in [2.24, 2.45) is 11.4 Å². The van der Waals surface area contributed by atoms with E-state index in [-0.39, 0.29) is 5.69 Å². The molecule has 0 unspecified atom stereocenters. The molecule has 1 saturated heterocycles. The van der Waals surface area contributed by atoms with E-state index < -0.39 is 15.5 Å². The highest BCUT2D eigenvalue weighted by Gasteiger charge is 2.21.